The number of methoxy groups -OCH3 is 1. The Bertz CT molecular complexity index is 851. The van der Waals surface area contributed by atoms with Crippen molar-refractivity contribution in [2.45, 2.75) is 45.6 Å². The summed E-state index contributed by atoms with van der Waals surface area (Å²) >= 11 is 0. The number of allylic oxidation sites excluding steroid dienone is 1. The van der Waals surface area contributed by atoms with E-state index in [4.69, 9.17) is 9.47 Å². The van der Waals surface area contributed by atoms with E-state index in [1.807, 2.05) is 12.1 Å². The Labute approximate surface area is 154 Å². The van der Waals surface area contributed by atoms with Crippen molar-refractivity contribution < 1.29 is 13.9 Å². The van der Waals surface area contributed by atoms with Crippen LogP contribution in [0.5, 0.6) is 5.75 Å². The van der Waals surface area contributed by atoms with Crippen LogP contribution in [0.4, 0.5) is 4.39 Å². The van der Waals surface area contributed by atoms with E-state index >= 15 is 0 Å². The number of hydrogen-bond acceptors (Lipinski definition) is 3. The fourth-order valence-corrected chi connectivity index (χ4v) is 4.52. The van der Waals surface area contributed by atoms with Crippen LogP contribution in [-0.4, -0.2) is 36.3 Å². The quantitative estimate of drug-likeness (QED) is 0.726. The van der Waals surface area contributed by atoms with Crippen LogP contribution >= 0.6 is 0 Å². The van der Waals surface area contributed by atoms with Crippen LogP contribution in [0.1, 0.15) is 43.9 Å². The Balaban J connectivity index is 1.89. The summed E-state index contributed by atoms with van der Waals surface area (Å²) in [6, 6.07) is 6.07. The van der Waals surface area contributed by atoms with Crippen LogP contribution in [-0.2, 0) is 17.7 Å². The highest BCUT2D eigenvalue weighted by molar-refractivity contribution is 5.92. The lowest BCUT2D eigenvalue weighted by atomic mass is 9.84. The standard InChI is InChI=1S/C21H27FN2O2/c1-4-23(5-2)21-20(26-21)14-8-6-9-15-18(14)19-16(24(15)13-12-22)10-7-11-17(19)25-3/h7,10-11,14H,4-6,8-9,12-13H2,1-3H3. The zero-order valence-electron chi connectivity index (χ0n) is 15.8. The van der Waals surface area contributed by atoms with Gasteiger partial charge >= 0.3 is 0 Å². The molecule has 1 unspecified atom stereocenters. The molecule has 0 saturated heterocycles. The van der Waals surface area contributed by atoms with Crippen molar-refractivity contribution in [3.63, 3.8) is 0 Å². The average Bonchev–Trinajstić information content (AvgIpc) is 3.39. The van der Waals surface area contributed by atoms with Gasteiger partial charge in [0.1, 0.15) is 12.4 Å². The molecular weight excluding hydrogens is 331 g/mol. The second kappa shape index (κ2) is 6.86. The molecule has 1 atom stereocenters. The van der Waals surface area contributed by atoms with Gasteiger partial charge in [0.05, 0.1) is 25.1 Å². The molecule has 1 aromatic carbocycles. The van der Waals surface area contributed by atoms with E-state index in [0.717, 1.165) is 60.6 Å². The number of aryl methyl sites for hydroxylation is 1. The third-order valence-electron chi connectivity index (χ3n) is 5.73. The molecule has 4 rings (SSSR count). The Kier molecular flexibility index (Phi) is 4.55. The molecular formula is C21H27FN2O2. The van der Waals surface area contributed by atoms with Gasteiger partial charge in [0.25, 0.3) is 0 Å². The minimum atomic E-state index is -0.359. The molecule has 0 saturated carbocycles. The number of fused-ring (bicyclic) bond motifs is 3. The molecule has 4 nitrogen and oxygen atoms in total. The predicted molar refractivity (Wildman–Crippen MR) is 101 cm³/mol. The number of aromatic nitrogens is 1. The molecule has 0 bridgehead atoms. The average molecular weight is 358 g/mol. The third kappa shape index (κ3) is 2.56. The van der Waals surface area contributed by atoms with Gasteiger partial charge in [-0.15, -0.1) is 0 Å². The maximum Gasteiger partial charge on any atom is 0.235 e. The second-order valence-electron chi connectivity index (χ2n) is 6.94. The van der Waals surface area contributed by atoms with Crippen LogP contribution in [0.15, 0.2) is 29.8 Å². The van der Waals surface area contributed by atoms with Gasteiger partial charge < -0.3 is 18.9 Å². The van der Waals surface area contributed by atoms with E-state index < -0.39 is 0 Å². The smallest absolute Gasteiger partial charge is 0.235 e. The molecule has 1 aromatic heterocycles. The monoisotopic (exact) mass is 358 g/mol. The van der Waals surface area contributed by atoms with Crippen molar-refractivity contribution >= 4 is 10.9 Å². The first-order valence-electron chi connectivity index (χ1n) is 9.65. The van der Waals surface area contributed by atoms with E-state index in [-0.39, 0.29) is 12.6 Å². The first-order valence-corrected chi connectivity index (χ1v) is 9.65. The van der Waals surface area contributed by atoms with Crippen molar-refractivity contribution in [1.29, 1.82) is 0 Å². The minimum absolute atomic E-state index is 0.244. The zero-order valence-corrected chi connectivity index (χ0v) is 15.8. The van der Waals surface area contributed by atoms with E-state index in [0.29, 0.717) is 6.54 Å². The van der Waals surface area contributed by atoms with Gasteiger partial charge in [0, 0.05) is 24.2 Å². The van der Waals surface area contributed by atoms with Crippen molar-refractivity contribution in [3.05, 3.63) is 41.1 Å². The van der Waals surface area contributed by atoms with Crippen molar-refractivity contribution in [2.75, 3.05) is 26.9 Å². The van der Waals surface area contributed by atoms with Crippen LogP contribution in [0.25, 0.3) is 10.9 Å². The molecule has 1 aliphatic carbocycles. The number of alkyl halides is 1. The topological polar surface area (TPSA) is 29.9 Å². The summed E-state index contributed by atoms with van der Waals surface area (Å²) < 4.78 is 27.1. The Hall–Kier alpha value is -2.17. The Morgan fingerprint density at radius 3 is 2.81 bits per heavy atom. The van der Waals surface area contributed by atoms with Crippen LogP contribution < -0.4 is 4.74 Å². The van der Waals surface area contributed by atoms with Gasteiger partial charge in [-0.2, -0.15) is 0 Å². The molecule has 5 heteroatoms. The number of benzene rings is 1. The van der Waals surface area contributed by atoms with Gasteiger partial charge in [-0.25, -0.2) is 4.39 Å². The SMILES string of the molecule is CCN(CC)C1=C(C2CCCc3c2c2c(OC)cccc2n3CCF)O1. The third-order valence-corrected chi connectivity index (χ3v) is 5.73. The van der Waals surface area contributed by atoms with Crippen LogP contribution in [0, 0.1) is 0 Å². The molecule has 0 radical (unpaired) electrons. The van der Waals surface area contributed by atoms with Gasteiger partial charge in [0.15, 0.2) is 5.76 Å². The maximum atomic E-state index is 13.3. The molecule has 0 fully saturated rings. The first-order chi connectivity index (χ1) is 12.7. The highest BCUT2D eigenvalue weighted by Crippen LogP contribution is 2.51. The number of halogens is 1. The second-order valence-corrected chi connectivity index (χ2v) is 6.94. The lowest BCUT2D eigenvalue weighted by Crippen LogP contribution is -2.18. The van der Waals surface area contributed by atoms with E-state index in [1.54, 1.807) is 7.11 Å². The van der Waals surface area contributed by atoms with E-state index in [1.165, 1.54) is 11.3 Å². The van der Waals surface area contributed by atoms with E-state index in [9.17, 15) is 4.39 Å². The largest absolute Gasteiger partial charge is 0.496 e. The van der Waals surface area contributed by atoms with Gasteiger partial charge in [-0.1, -0.05) is 6.07 Å². The van der Waals surface area contributed by atoms with Crippen molar-refractivity contribution in [3.8, 4) is 5.75 Å². The highest BCUT2D eigenvalue weighted by atomic mass is 19.1. The summed E-state index contributed by atoms with van der Waals surface area (Å²) in [4.78, 5) is 2.27. The van der Waals surface area contributed by atoms with Crippen molar-refractivity contribution in [2.24, 2.45) is 0 Å². The molecule has 0 amide bonds. The van der Waals surface area contributed by atoms with Crippen LogP contribution in [0.3, 0.4) is 0 Å². The number of ether oxygens (including phenoxy) is 2. The number of nitrogens with zero attached hydrogens (tertiary/aromatic N) is 2. The van der Waals surface area contributed by atoms with Crippen LogP contribution in [0.2, 0.25) is 0 Å². The molecule has 2 heterocycles. The number of rotatable bonds is 7. The molecule has 2 aromatic rings. The molecule has 2 aliphatic rings. The van der Waals surface area contributed by atoms with Gasteiger partial charge in [-0.3, -0.25) is 0 Å². The van der Waals surface area contributed by atoms with Gasteiger partial charge in [-0.05, 0) is 50.8 Å². The lowest BCUT2D eigenvalue weighted by molar-refractivity contribution is 0.281. The maximum absolute atomic E-state index is 13.3. The van der Waals surface area contributed by atoms with E-state index in [2.05, 4.69) is 29.4 Å². The van der Waals surface area contributed by atoms with Crippen molar-refractivity contribution in [1.82, 2.24) is 9.47 Å². The predicted octanol–water partition coefficient (Wildman–Crippen LogP) is 4.58. The molecule has 0 N–H and O–H groups in total. The summed E-state index contributed by atoms with van der Waals surface area (Å²) in [7, 11) is 1.71. The summed E-state index contributed by atoms with van der Waals surface area (Å²) in [5, 5.41) is 1.13. The Morgan fingerprint density at radius 2 is 2.12 bits per heavy atom. The minimum Gasteiger partial charge on any atom is -0.496 e. The Morgan fingerprint density at radius 1 is 1.31 bits per heavy atom. The molecule has 1 aliphatic heterocycles. The lowest BCUT2D eigenvalue weighted by Gasteiger charge is -2.21. The summed E-state index contributed by atoms with van der Waals surface area (Å²) in [6.45, 7) is 6.23. The van der Waals surface area contributed by atoms with Gasteiger partial charge in [0.2, 0.25) is 5.88 Å². The molecule has 26 heavy (non-hydrogen) atoms. The zero-order chi connectivity index (χ0) is 18.3. The molecule has 0 spiro atoms. The fraction of sp³-hybridized carbons (Fsp3) is 0.524. The summed E-state index contributed by atoms with van der Waals surface area (Å²) in [5.41, 5.74) is 3.61. The first kappa shape index (κ1) is 17.3. The molecule has 140 valence electrons. The highest BCUT2D eigenvalue weighted by Gasteiger charge is 2.41. The normalized spacial score (nSPS) is 18.7. The summed E-state index contributed by atoms with van der Waals surface area (Å²) in [5.74, 6) is 3.25. The summed E-state index contributed by atoms with van der Waals surface area (Å²) in [6.07, 6.45) is 3.15. The number of hydrogen-bond donors (Lipinski definition) is 0. The fourth-order valence-electron chi connectivity index (χ4n) is 4.52.